The topological polar surface area (TPSA) is 82.0 Å². The van der Waals surface area contributed by atoms with E-state index >= 15 is 0 Å². The van der Waals surface area contributed by atoms with E-state index < -0.39 is 11.3 Å². The molecule has 2 aliphatic heterocycles. The molecule has 3 aliphatic rings. The number of aromatic hydroxyl groups is 1. The number of nitrogens with zero attached hydrogens (tertiary/aromatic N) is 5. The summed E-state index contributed by atoms with van der Waals surface area (Å²) in [4.78, 5) is 29.2. The van der Waals surface area contributed by atoms with Gasteiger partial charge >= 0.3 is 6.01 Å². The lowest BCUT2D eigenvalue weighted by molar-refractivity contribution is 0.0287. The van der Waals surface area contributed by atoms with Gasteiger partial charge in [0.05, 0.1) is 29.8 Å². The van der Waals surface area contributed by atoms with Crippen LogP contribution < -0.4 is 9.64 Å². The van der Waals surface area contributed by atoms with Crippen molar-refractivity contribution < 1.29 is 23.4 Å². The van der Waals surface area contributed by atoms with Gasteiger partial charge in [-0.05, 0) is 57.4 Å². The van der Waals surface area contributed by atoms with Crippen LogP contribution in [-0.2, 0) is 13.1 Å². The average Bonchev–Trinajstić information content (AvgIpc) is 3.33. The molecule has 1 saturated heterocycles. The molecule has 6 rings (SSSR count). The molecule has 1 amide bonds. The summed E-state index contributed by atoms with van der Waals surface area (Å²) in [7, 11) is 3.55. The first-order valence-electron chi connectivity index (χ1n) is 14.9. The first-order valence-corrected chi connectivity index (χ1v) is 14.9. The standard InChI is InChI=1S/C33H37F2N5O3/c1-5-22-11-9-12-23-14-24(41)15-25(28(22)23)30(42)39-16-26-27(17-39)36-31(37-29(26)40-13-8-6-7-10-21(40)2)43-20-32(19-38(3)4)18-33(32,34)35/h1,9,11-12,14-15,21,41H,6-8,10,13,16-20H2,2-4H3/t21-,32-/m1/s1. The number of hydrogen-bond donors (Lipinski definition) is 1. The second-order valence-electron chi connectivity index (χ2n) is 12.5. The molecule has 10 heteroatoms. The highest BCUT2D eigenvalue weighted by molar-refractivity contribution is 6.09. The summed E-state index contributed by atoms with van der Waals surface area (Å²) in [6.07, 6.45) is 9.77. The van der Waals surface area contributed by atoms with Gasteiger partial charge in [-0.3, -0.25) is 4.79 Å². The molecule has 2 atom stereocenters. The average molecular weight is 590 g/mol. The van der Waals surface area contributed by atoms with Crippen molar-refractivity contribution in [1.82, 2.24) is 19.8 Å². The number of hydrogen-bond acceptors (Lipinski definition) is 7. The number of rotatable bonds is 7. The summed E-state index contributed by atoms with van der Waals surface area (Å²) in [6.45, 7) is 3.42. The maximum Gasteiger partial charge on any atom is 0.318 e. The molecule has 1 aromatic heterocycles. The van der Waals surface area contributed by atoms with Crippen LogP contribution in [0.4, 0.5) is 14.6 Å². The number of phenols is 1. The summed E-state index contributed by atoms with van der Waals surface area (Å²) >= 11 is 0. The number of aromatic nitrogens is 2. The third kappa shape index (κ3) is 5.35. The molecule has 0 spiro atoms. The van der Waals surface area contributed by atoms with Crippen molar-refractivity contribution >= 4 is 22.5 Å². The Balaban J connectivity index is 1.35. The van der Waals surface area contributed by atoms with Gasteiger partial charge in [0.25, 0.3) is 11.8 Å². The second kappa shape index (κ2) is 10.9. The van der Waals surface area contributed by atoms with Crippen molar-refractivity contribution in [2.45, 2.75) is 64.1 Å². The van der Waals surface area contributed by atoms with Crippen molar-refractivity contribution in [2.24, 2.45) is 5.41 Å². The smallest absolute Gasteiger partial charge is 0.318 e. The number of ether oxygens (including phenoxy) is 1. The second-order valence-corrected chi connectivity index (χ2v) is 12.5. The van der Waals surface area contributed by atoms with Crippen LogP contribution in [0.5, 0.6) is 11.8 Å². The molecule has 0 bridgehead atoms. The van der Waals surface area contributed by atoms with Crippen LogP contribution in [0.3, 0.4) is 0 Å². The van der Waals surface area contributed by atoms with E-state index in [-0.39, 0.29) is 56.4 Å². The third-order valence-corrected chi connectivity index (χ3v) is 9.01. The number of benzene rings is 2. The number of carbonyl (C=O) groups excluding carboxylic acids is 1. The monoisotopic (exact) mass is 589 g/mol. The maximum atomic E-state index is 14.5. The Morgan fingerprint density at radius 1 is 1.21 bits per heavy atom. The Morgan fingerprint density at radius 3 is 2.72 bits per heavy atom. The Morgan fingerprint density at radius 2 is 2.00 bits per heavy atom. The summed E-state index contributed by atoms with van der Waals surface area (Å²) in [5.74, 6) is 0.227. The number of amides is 1. The van der Waals surface area contributed by atoms with Crippen LogP contribution >= 0.6 is 0 Å². The number of anilines is 1. The largest absolute Gasteiger partial charge is 0.508 e. The fraction of sp³-hybridized carbons (Fsp3) is 0.485. The Kier molecular flexibility index (Phi) is 7.41. The normalized spacial score (nSPS) is 22.8. The van der Waals surface area contributed by atoms with Crippen LogP contribution in [0.15, 0.2) is 30.3 Å². The van der Waals surface area contributed by atoms with Crippen LogP contribution in [-0.4, -0.2) is 76.5 Å². The molecule has 1 saturated carbocycles. The highest BCUT2D eigenvalue weighted by atomic mass is 19.3. The van der Waals surface area contributed by atoms with E-state index in [9.17, 15) is 18.7 Å². The van der Waals surface area contributed by atoms with Gasteiger partial charge in [-0.2, -0.15) is 9.97 Å². The van der Waals surface area contributed by atoms with E-state index in [0.29, 0.717) is 33.4 Å². The molecule has 0 radical (unpaired) electrons. The van der Waals surface area contributed by atoms with E-state index in [1.807, 2.05) is 6.07 Å². The lowest BCUT2D eigenvalue weighted by Gasteiger charge is -2.30. The fourth-order valence-electron chi connectivity index (χ4n) is 6.68. The number of carbonyl (C=O) groups is 1. The molecule has 8 nitrogen and oxygen atoms in total. The zero-order chi connectivity index (χ0) is 30.5. The molecule has 1 N–H and O–H groups in total. The Bertz CT molecular complexity index is 1620. The lowest BCUT2D eigenvalue weighted by Crippen LogP contribution is -2.35. The van der Waals surface area contributed by atoms with Gasteiger partial charge in [0.1, 0.15) is 18.2 Å². The van der Waals surface area contributed by atoms with Gasteiger partial charge in [-0.25, -0.2) is 8.78 Å². The zero-order valence-corrected chi connectivity index (χ0v) is 24.9. The van der Waals surface area contributed by atoms with E-state index in [0.717, 1.165) is 37.8 Å². The first kappa shape index (κ1) is 29.1. The molecule has 3 heterocycles. The minimum absolute atomic E-state index is 0.0279. The van der Waals surface area contributed by atoms with Gasteiger partial charge in [0.2, 0.25) is 0 Å². The minimum Gasteiger partial charge on any atom is -0.508 e. The SMILES string of the molecule is C#Cc1cccc2cc(O)cc(C(=O)N3Cc4nc(OC[C@]5(CN(C)C)CC5(F)F)nc(N5CCCCC[C@H]5C)c4C3)c12. The molecule has 226 valence electrons. The zero-order valence-electron chi connectivity index (χ0n) is 24.9. The van der Waals surface area contributed by atoms with E-state index in [1.165, 1.54) is 6.07 Å². The lowest BCUT2D eigenvalue weighted by atomic mass is 9.98. The molecular formula is C33H37F2N5O3. The molecular weight excluding hydrogens is 552 g/mol. The number of alkyl halides is 2. The van der Waals surface area contributed by atoms with Crippen molar-refractivity contribution in [3.63, 3.8) is 0 Å². The van der Waals surface area contributed by atoms with Crippen LogP contribution in [0.25, 0.3) is 10.8 Å². The van der Waals surface area contributed by atoms with Gasteiger partial charge in [0.15, 0.2) is 0 Å². The molecule has 2 fully saturated rings. The number of fused-ring (bicyclic) bond motifs is 2. The van der Waals surface area contributed by atoms with Gasteiger partial charge < -0.3 is 24.5 Å². The predicted octanol–water partition coefficient (Wildman–Crippen LogP) is 5.21. The van der Waals surface area contributed by atoms with Crippen molar-refractivity contribution in [3.8, 4) is 24.1 Å². The van der Waals surface area contributed by atoms with E-state index in [4.69, 9.17) is 16.1 Å². The molecule has 3 aromatic rings. The Hall–Kier alpha value is -3.97. The molecule has 0 unspecified atom stereocenters. The van der Waals surface area contributed by atoms with Crippen LogP contribution in [0.2, 0.25) is 0 Å². The van der Waals surface area contributed by atoms with Gasteiger partial charge in [0, 0.05) is 42.1 Å². The van der Waals surface area contributed by atoms with E-state index in [1.54, 1.807) is 42.1 Å². The van der Waals surface area contributed by atoms with Gasteiger partial charge in [-0.1, -0.05) is 30.9 Å². The van der Waals surface area contributed by atoms with Crippen LogP contribution in [0.1, 0.15) is 66.2 Å². The van der Waals surface area contributed by atoms with Crippen LogP contribution in [0, 0.1) is 17.8 Å². The number of phenolic OH excluding ortho intramolecular Hbond substituents is 1. The van der Waals surface area contributed by atoms with Gasteiger partial charge in [-0.15, -0.1) is 6.42 Å². The maximum absolute atomic E-state index is 14.5. The summed E-state index contributed by atoms with van der Waals surface area (Å²) in [6, 6.07) is 8.68. The summed E-state index contributed by atoms with van der Waals surface area (Å²) in [5, 5.41) is 11.7. The third-order valence-electron chi connectivity index (χ3n) is 9.01. The molecule has 2 aromatic carbocycles. The highest BCUT2D eigenvalue weighted by Gasteiger charge is 2.71. The highest BCUT2D eigenvalue weighted by Crippen LogP contribution is 2.60. The molecule has 1 aliphatic carbocycles. The Labute approximate surface area is 250 Å². The summed E-state index contributed by atoms with van der Waals surface area (Å²) < 4.78 is 34.9. The first-order chi connectivity index (χ1) is 20.5. The fourth-order valence-corrected chi connectivity index (χ4v) is 6.68. The number of halogens is 2. The van der Waals surface area contributed by atoms with E-state index in [2.05, 4.69) is 22.7 Å². The quantitative estimate of drug-likeness (QED) is 0.379. The minimum atomic E-state index is -2.80. The predicted molar refractivity (Wildman–Crippen MR) is 160 cm³/mol. The summed E-state index contributed by atoms with van der Waals surface area (Å²) in [5.41, 5.74) is 1.07. The van der Waals surface area contributed by atoms with Crippen molar-refractivity contribution in [1.29, 1.82) is 0 Å². The molecule has 43 heavy (non-hydrogen) atoms. The number of terminal acetylenes is 1. The van der Waals surface area contributed by atoms with Crippen molar-refractivity contribution in [3.05, 3.63) is 52.7 Å². The van der Waals surface area contributed by atoms with Crippen molar-refractivity contribution in [2.75, 3.05) is 38.7 Å².